The van der Waals surface area contributed by atoms with Gasteiger partial charge >= 0.3 is 5.82 Å². The molecule has 0 aliphatic rings. The van der Waals surface area contributed by atoms with Crippen molar-refractivity contribution in [2.75, 3.05) is 0 Å². The summed E-state index contributed by atoms with van der Waals surface area (Å²) in [5.41, 5.74) is 0.424. The van der Waals surface area contributed by atoms with Crippen LogP contribution in [0.4, 0.5) is 10.2 Å². The van der Waals surface area contributed by atoms with Crippen LogP contribution in [0, 0.1) is 27.3 Å². The van der Waals surface area contributed by atoms with Crippen molar-refractivity contribution in [3.8, 4) is 11.8 Å². The summed E-state index contributed by atoms with van der Waals surface area (Å²) < 4.78 is 18.4. The fraction of sp³-hybridized carbons (Fsp3) is 0.0769. The summed E-state index contributed by atoms with van der Waals surface area (Å²) in [5.74, 6) is -1.00. The molecule has 20 heavy (non-hydrogen) atoms. The molecule has 0 amide bonds. The third-order valence-corrected chi connectivity index (χ3v) is 2.47. The van der Waals surface area contributed by atoms with Gasteiger partial charge in [-0.3, -0.25) is 0 Å². The average Bonchev–Trinajstić information content (AvgIpc) is 2.46. The maximum absolute atomic E-state index is 13.1. The molecule has 0 spiro atoms. The predicted octanol–water partition coefficient (Wildman–Crippen LogP) is 2.58. The van der Waals surface area contributed by atoms with Crippen LogP contribution in [0.15, 0.2) is 36.5 Å². The Morgan fingerprint density at radius 1 is 1.45 bits per heavy atom. The quantitative estimate of drug-likeness (QED) is 0.630. The Kier molecular flexibility index (Phi) is 3.86. The maximum Gasteiger partial charge on any atom is 0.406 e. The fourth-order valence-corrected chi connectivity index (χ4v) is 1.54. The van der Waals surface area contributed by atoms with E-state index in [0.717, 1.165) is 6.07 Å². The van der Waals surface area contributed by atoms with Crippen molar-refractivity contribution >= 4 is 5.82 Å². The van der Waals surface area contributed by atoms with E-state index in [4.69, 9.17) is 10.00 Å². The number of nitriles is 1. The molecule has 2 aromatic rings. The molecule has 0 radical (unpaired) electrons. The maximum atomic E-state index is 13.1. The normalized spacial score (nSPS) is 9.80. The molecule has 1 heterocycles. The highest BCUT2D eigenvalue weighted by atomic mass is 19.1. The van der Waals surface area contributed by atoms with E-state index in [-0.39, 0.29) is 17.9 Å². The zero-order valence-corrected chi connectivity index (χ0v) is 10.1. The van der Waals surface area contributed by atoms with Crippen molar-refractivity contribution in [1.29, 1.82) is 5.26 Å². The smallest absolute Gasteiger partial charge is 0.406 e. The van der Waals surface area contributed by atoms with E-state index >= 15 is 0 Å². The lowest BCUT2D eigenvalue weighted by molar-refractivity contribution is -0.390. The van der Waals surface area contributed by atoms with Gasteiger partial charge in [-0.25, -0.2) is 4.39 Å². The van der Waals surface area contributed by atoms with Gasteiger partial charge in [-0.1, -0.05) is 6.07 Å². The van der Waals surface area contributed by atoms with Crippen LogP contribution >= 0.6 is 0 Å². The molecule has 1 aromatic carbocycles. The van der Waals surface area contributed by atoms with Crippen LogP contribution in [0.2, 0.25) is 0 Å². The van der Waals surface area contributed by atoms with E-state index in [9.17, 15) is 14.5 Å². The Morgan fingerprint density at radius 3 is 2.95 bits per heavy atom. The van der Waals surface area contributed by atoms with E-state index in [1.54, 1.807) is 6.07 Å². The molecular formula is C13H8FN3O3. The van der Waals surface area contributed by atoms with Crippen LogP contribution < -0.4 is 4.74 Å². The van der Waals surface area contributed by atoms with Crippen molar-refractivity contribution in [3.05, 3.63) is 63.6 Å². The van der Waals surface area contributed by atoms with Gasteiger partial charge in [0.25, 0.3) is 0 Å². The number of hydrogen-bond acceptors (Lipinski definition) is 5. The standard InChI is InChI=1S/C13H8FN3O3/c14-11-4-3-9(6-10(11)7-15)8-20-12-2-1-5-16-13(12)17(18)19/h1-6H,8H2. The summed E-state index contributed by atoms with van der Waals surface area (Å²) in [7, 11) is 0. The second kappa shape index (κ2) is 5.75. The molecule has 0 aliphatic carbocycles. The monoisotopic (exact) mass is 273 g/mol. The summed E-state index contributed by atoms with van der Waals surface area (Å²) in [4.78, 5) is 13.7. The molecule has 0 bridgehead atoms. The molecule has 0 saturated heterocycles. The number of rotatable bonds is 4. The highest BCUT2D eigenvalue weighted by molar-refractivity contribution is 5.39. The van der Waals surface area contributed by atoms with E-state index in [1.807, 2.05) is 0 Å². The number of benzene rings is 1. The number of nitrogens with zero attached hydrogens (tertiary/aromatic N) is 3. The minimum absolute atomic E-state index is 0.0142. The lowest BCUT2D eigenvalue weighted by atomic mass is 10.1. The first kappa shape index (κ1) is 13.4. The molecule has 0 fully saturated rings. The molecule has 7 heteroatoms. The second-order valence-corrected chi connectivity index (χ2v) is 3.80. The fourth-order valence-electron chi connectivity index (χ4n) is 1.54. The van der Waals surface area contributed by atoms with Gasteiger partial charge in [0.2, 0.25) is 5.75 Å². The lowest BCUT2D eigenvalue weighted by Crippen LogP contribution is -2.01. The van der Waals surface area contributed by atoms with Gasteiger partial charge < -0.3 is 14.9 Å². The Balaban J connectivity index is 2.17. The van der Waals surface area contributed by atoms with E-state index in [2.05, 4.69) is 4.98 Å². The van der Waals surface area contributed by atoms with E-state index < -0.39 is 16.6 Å². The number of hydrogen-bond donors (Lipinski definition) is 0. The molecule has 0 unspecified atom stereocenters. The van der Waals surface area contributed by atoms with E-state index in [1.165, 1.54) is 30.5 Å². The molecule has 100 valence electrons. The zero-order chi connectivity index (χ0) is 14.5. The highest BCUT2D eigenvalue weighted by Gasteiger charge is 2.15. The number of aromatic nitrogens is 1. The number of halogens is 1. The van der Waals surface area contributed by atoms with Crippen LogP contribution in [-0.4, -0.2) is 9.91 Å². The predicted molar refractivity (Wildman–Crippen MR) is 66.3 cm³/mol. The summed E-state index contributed by atoms with van der Waals surface area (Å²) in [6.07, 6.45) is 1.29. The Morgan fingerprint density at radius 2 is 2.25 bits per heavy atom. The van der Waals surface area contributed by atoms with Crippen molar-refractivity contribution < 1.29 is 14.1 Å². The Bertz CT molecular complexity index is 698. The summed E-state index contributed by atoms with van der Waals surface area (Å²) in [6, 6.07) is 8.56. The van der Waals surface area contributed by atoms with Crippen LogP contribution in [-0.2, 0) is 6.61 Å². The molecule has 0 aliphatic heterocycles. The molecule has 0 N–H and O–H groups in total. The third-order valence-electron chi connectivity index (χ3n) is 2.47. The molecule has 2 rings (SSSR count). The van der Waals surface area contributed by atoms with Gasteiger partial charge in [-0.2, -0.15) is 5.26 Å². The van der Waals surface area contributed by atoms with Crippen molar-refractivity contribution in [3.63, 3.8) is 0 Å². The highest BCUT2D eigenvalue weighted by Crippen LogP contribution is 2.24. The number of pyridine rings is 1. The topological polar surface area (TPSA) is 89.0 Å². The molecule has 6 nitrogen and oxygen atoms in total. The minimum atomic E-state index is -0.652. The third kappa shape index (κ3) is 2.87. The number of ether oxygens (including phenoxy) is 1. The van der Waals surface area contributed by atoms with Gasteiger partial charge in [-0.15, -0.1) is 0 Å². The lowest BCUT2D eigenvalue weighted by Gasteiger charge is -2.06. The van der Waals surface area contributed by atoms with E-state index in [0.29, 0.717) is 5.56 Å². The zero-order valence-electron chi connectivity index (χ0n) is 10.1. The van der Waals surface area contributed by atoms with Gasteiger partial charge in [0, 0.05) is 0 Å². The number of nitro groups is 1. The molecule has 0 saturated carbocycles. The van der Waals surface area contributed by atoms with Crippen LogP contribution in [0.25, 0.3) is 0 Å². The first-order valence-electron chi connectivity index (χ1n) is 5.52. The van der Waals surface area contributed by atoms with Gasteiger partial charge in [0.05, 0.1) is 5.56 Å². The molecule has 1 aromatic heterocycles. The second-order valence-electron chi connectivity index (χ2n) is 3.80. The summed E-state index contributed by atoms with van der Waals surface area (Å²) in [6.45, 7) is -0.0263. The molecule has 0 atom stereocenters. The van der Waals surface area contributed by atoms with Crippen LogP contribution in [0.5, 0.6) is 5.75 Å². The largest absolute Gasteiger partial charge is 0.481 e. The van der Waals surface area contributed by atoms with Gasteiger partial charge in [0.15, 0.2) is 0 Å². The van der Waals surface area contributed by atoms with Crippen molar-refractivity contribution in [2.24, 2.45) is 0 Å². The van der Waals surface area contributed by atoms with Gasteiger partial charge in [0.1, 0.15) is 24.7 Å². The first-order valence-corrected chi connectivity index (χ1v) is 5.52. The molecular weight excluding hydrogens is 265 g/mol. The first-order chi connectivity index (χ1) is 9.61. The summed E-state index contributed by atoms with van der Waals surface area (Å²) >= 11 is 0. The SMILES string of the molecule is N#Cc1cc(COc2cccnc2[N+](=O)[O-])ccc1F. The average molecular weight is 273 g/mol. The summed E-state index contributed by atoms with van der Waals surface area (Å²) in [5, 5.41) is 19.5. The minimum Gasteiger partial charge on any atom is -0.481 e. The van der Waals surface area contributed by atoms with Crippen LogP contribution in [0.1, 0.15) is 11.1 Å². The van der Waals surface area contributed by atoms with Crippen molar-refractivity contribution in [2.45, 2.75) is 6.61 Å². The van der Waals surface area contributed by atoms with Crippen molar-refractivity contribution in [1.82, 2.24) is 4.98 Å². The Hall–Kier alpha value is -3.01. The van der Waals surface area contributed by atoms with Gasteiger partial charge in [-0.05, 0) is 39.7 Å². The Labute approximate surface area is 113 Å². The van der Waals surface area contributed by atoms with Crippen LogP contribution in [0.3, 0.4) is 0 Å².